The fourth-order valence-electron chi connectivity index (χ4n) is 2.90. The van der Waals surface area contributed by atoms with E-state index < -0.39 is 0 Å². The fraction of sp³-hybridized carbons (Fsp3) is 0.929. The second-order valence-electron chi connectivity index (χ2n) is 6.06. The van der Waals surface area contributed by atoms with E-state index in [9.17, 15) is 4.79 Å². The molecular formula is C14H27N3O2. The molecular weight excluding hydrogens is 242 g/mol. The van der Waals surface area contributed by atoms with Gasteiger partial charge in [-0.25, -0.2) is 0 Å². The number of likely N-dealkylation sites (tertiary alicyclic amines) is 1. The Balaban J connectivity index is 1.86. The minimum absolute atomic E-state index is 0.00456. The molecule has 0 aromatic heterocycles. The number of carbonyl (C=O) groups is 1. The van der Waals surface area contributed by atoms with Crippen LogP contribution in [0.1, 0.15) is 26.7 Å². The predicted molar refractivity (Wildman–Crippen MR) is 75.1 cm³/mol. The van der Waals surface area contributed by atoms with Gasteiger partial charge < -0.3 is 19.9 Å². The molecule has 0 aromatic carbocycles. The minimum Gasteiger partial charge on any atom is -0.374 e. The number of nitrogens with zero attached hydrogens (tertiary/aromatic N) is 2. The van der Waals surface area contributed by atoms with Crippen LogP contribution >= 0.6 is 0 Å². The number of hydrogen-bond donors (Lipinski definition) is 1. The molecule has 19 heavy (non-hydrogen) atoms. The van der Waals surface area contributed by atoms with E-state index in [1.54, 1.807) is 0 Å². The zero-order chi connectivity index (χ0) is 13.8. The third kappa shape index (κ3) is 4.16. The Bertz CT molecular complexity index is 309. The quantitative estimate of drug-likeness (QED) is 0.797. The van der Waals surface area contributed by atoms with Crippen molar-refractivity contribution in [2.24, 2.45) is 0 Å². The highest BCUT2D eigenvalue weighted by molar-refractivity contribution is 5.82. The fourth-order valence-corrected chi connectivity index (χ4v) is 2.90. The van der Waals surface area contributed by atoms with Crippen molar-refractivity contribution in [3.05, 3.63) is 0 Å². The number of amides is 1. The van der Waals surface area contributed by atoms with E-state index in [0.717, 1.165) is 45.6 Å². The summed E-state index contributed by atoms with van der Waals surface area (Å²) in [7, 11) is 2.11. The van der Waals surface area contributed by atoms with Gasteiger partial charge in [0.1, 0.15) is 0 Å². The van der Waals surface area contributed by atoms with Gasteiger partial charge in [0.25, 0.3) is 0 Å². The van der Waals surface area contributed by atoms with E-state index in [1.165, 1.54) is 0 Å². The summed E-state index contributed by atoms with van der Waals surface area (Å²) in [6.45, 7) is 8.47. The number of piperidine rings is 1. The smallest absolute Gasteiger partial charge is 0.239 e. The van der Waals surface area contributed by atoms with Crippen molar-refractivity contribution in [3.8, 4) is 0 Å². The molecule has 2 unspecified atom stereocenters. The van der Waals surface area contributed by atoms with Crippen LogP contribution in [-0.2, 0) is 9.53 Å². The summed E-state index contributed by atoms with van der Waals surface area (Å²) in [5, 5.41) is 3.37. The Kier molecular flexibility index (Phi) is 5.19. The number of nitrogens with one attached hydrogen (secondary N) is 1. The van der Waals surface area contributed by atoms with Crippen LogP contribution in [0.5, 0.6) is 0 Å². The summed E-state index contributed by atoms with van der Waals surface area (Å²) in [4.78, 5) is 16.7. The molecule has 2 aliphatic heterocycles. The first kappa shape index (κ1) is 14.8. The van der Waals surface area contributed by atoms with Gasteiger partial charge in [0, 0.05) is 32.2 Å². The Morgan fingerprint density at radius 1 is 1.42 bits per heavy atom. The summed E-state index contributed by atoms with van der Waals surface area (Å²) >= 11 is 0. The molecule has 2 fully saturated rings. The van der Waals surface area contributed by atoms with Crippen LogP contribution in [0.4, 0.5) is 0 Å². The number of rotatable bonds is 4. The average molecular weight is 269 g/mol. The monoisotopic (exact) mass is 269 g/mol. The van der Waals surface area contributed by atoms with Gasteiger partial charge in [0.05, 0.1) is 18.8 Å². The Morgan fingerprint density at radius 2 is 2.21 bits per heavy atom. The van der Waals surface area contributed by atoms with Crippen molar-refractivity contribution in [3.63, 3.8) is 0 Å². The van der Waals surface area contributed by atoms with E-state index in [0.29, 0.717) is 6.04 Å². The first-order valence-corrected chi connectivity index (χ1v) is 7.41. The standard InChI is InChI=1S/C14H27N3O2/c1-11(2)15-13-5-4-6-17(14(13)18)10-12-9-16(3)7-8-19-12/h11-13,15H,4-10H2,1-3H3. The lowest BCUT2D eigenvalue weighted by atomic mass is 10.0. The maximum Gasteiger partial charge on any atom is 0.239 e. The van der Waals surface area contributed by atoms with Crippen LogP contribution in [0, 0.1) is 0 Å². The molecule has 0 aromatic rings. The summed E-state index contributed by atoms with van der Waals surface area (Å²) in [5.41, 5.74) is 0. The predicted octanol–water partition coefficient (Wildman–Crippen LogP) is 0.306. The van der Waals surface area contributed by atoms with Gasteiger partial charge in [0.2, 0.25) is 5.91 Å². The summed E-state index contributed by atoms with van der Waals surface area (Å²) < 4.78 is 5.76. The van der Waals surface area contributed by atoms with Crippen molar-refractivity contribution in [1.82, 2.24) is 15.1 Å². The van der Waals surface area contributed by atoms with Gasteiger partial charge in [-0.2, -0.15) is 0 Å². The van der Waals surface area contributed by atoms with Gasteiger partial charge in [0.15, 0.2) is 0 Å². The zero-order valence-corrected chi connectivity index (χ0v) is 12.4. The SMILES string of the molecule is CC(C)NC1CCCN(CC2CN(C)CCO2)C1=O. The number of morpholine rings is 1. The lowest BCUT2D eigenvalue weighted by Crippen LogP contribution is -2.55. The van der Waals surface area contributed by atoms with Crippen LogP contribution in [-0.4, -0.2) is 73.7 Å². The highest BCUT2D eigenvalue weighted by atomic mass is 16.5. The Labute approximate surface area is 116 Å². The van der Waals surface area contributed by atoms with Crippen LogP contribution in [0.25, 0.3) is 0 Å². The van der Waals surface area contributed by atoms with Gasteiger partial charge in [-0.3, -0.25) is 4.79 Å². The molecule has 2 atom stereocenters. The molecule has 0 aliphatic carbocycles. The third-order valence-electron chi connectivity index (χ3n) is 3.83. The van der Waals surface area contributed by atoms with Crippen molar-refractivity contribution >= 4 is 5.91 Å². The molecule has 2 rings (SSSR count). The molecule has 110 valence electrons. The molecule has 5 heteroatoms. The van der Waals surface area contributed by atoms with Crippen molar-refractivity contribution in [2.75, 3.05) is 39.8 Å². The van der Waals surface area contributed by atoms with Crippen LogP contribution < -0.4 is 5.32 Å². The Hall–Kier alpha value is -0.650. The molecule has 2 aliphatic rings. The average Bonchev–Trinajstić information content (AvgIpc) is 2.34. The number of carbonyl (C=O) groups excluding carboxylic acids is 1. The second kappa shape index (κ2) is 6.68. The topological polar surface area (TPSA) is 44.8 Å². The lowest BCUT2D eigenvalue weighted by molar-refractivity contribution is -0.139. The van der Waals surface area contributed by atoms with E-state index in [-0.39, 0.29) is 18.1 Å². The molecule has 2 saturated heterocycles. The minimum atomic E-state index is -0.00456. The highest BCUT2D eigenvalue weighted by Crippen LogP contribution is 2.15. The molecule has 1 amide bonds. The third-order valence-corrected chi connectivity index (χ3v) is 3.83. The number of likely N-dealkylation sites (N-methyl/N-ethyl adjacent to an activating group) is 1. The maximum absolute atomic E-state index is 12.4. The normalized spacial score (nSPS) is 30.1. The first-order valence-electron chi connectivity index (χ1n) is 7.41. The molecule has 1 N–H and O–H groups in total. The van der Waals surface area contributed by atoms with Crippen LogP contribution in [0.2, 0.25) is 0 Å². The summed E-state index contributed by atoms with van der Waals surface area (Å²) in [5.74, 6) is 0.247. The zero-order valence-electron chi connectivity index (χ0n) is 12.4. The van der Waals surface area contributed by atoms with Crippen LogP contribution in [0.3, 0.4) is 0 Å². The van der Waals surface area contributed by atoms with Crippen LogP contribution in [0.15, 0.2) is 0 Å². The van der Waals surface area contributed by atoms with E-state index in [4.69, 9.17) is 4.74 Å². The molecule has 0 bridgehead atoms. The van der Waals surface area contributed by atoms with Crippen molar-refractivity contribution in [2.45, 2.75) is 44.9 Å². The molecule has 0 radical (unpaired) electrons. The molecule has 0 spiro atoms. The highest BCUT2D eigenvalue weighted by Gasteiger charge is 2.31. The van der Waals surface area contributed by atoms with Gasteiger partial charge in [-0.1, -0.05) is 13.8 Å². The number of hydrogen-bond acceptors (Lipinski definition) is 4. The van der Waals surface area contributed by atoms with E-state index in [2.05, 4.69) is 31.1 Å². The number of ether oxygens (including phenoxy) is 1. The van der Waals surface area contributed by atoms with Gasteiger partial charge >= 0.3 is 0 Å². The lowest BCUT2D eigenvalue weighted by Gasteiger charge is -2.38. The summed E-state index contributed by atoms with van der Waals surface area (Å²) in [6, 6.07) is 0.348. The largest absolute Gasteiger partial charge is 0.374 e. The summed E-state index contributed by atoms with van der Waals surface area (Å²) in [6.07, 6.45) is 2.21. The molecule has 5 nitrogen and oxygen atoms in total. The van der Waals surface area contributed by atoms with Crippen molar-refractivity contribution < 1.29 is 9.53 Å². The maximum atomic E-state index is 12.4. The van der Waals surface area contributed by atoms with Gasteiger partial charge in [-0.15, -0.1) is 0 Å². The van der Waals surface area contributed by atoms with Gasteiger partial charge in [-0.05, 0) is 19.9 Å². The Morgan fingerprint density at radius 3 is 2.89 bits per heavy atom. The molecule has 2 heterocycles. The second-order valence-corrected chi connectivity index (χ2v) is 6.06. The van der Waals surface area contributed by atoms with E-state index >= 15 is 0 Å². The molecule has 0 saturated carbocycles. The first-order chi connectivity index (χ1) is 9.06. The van der Waals surface area contributed by atoms with Crippen molar-refractivity contribution in [1.29, 1.82) is 0 Å². The van der Waals surface area contributed by atoms with E-state index in [1.807, 2.05) is 4.90 Å².